The summed E-state index contributed by atoms with van der Waals surface area (Å²) in [6.07, 6.45) is 5.99. The van der Waals surface area contributed by atoms with Crippen LogP contribution in [0.5, 0.6) is 5.75 Å². The Balaban J connectivity index is 2.31. The fourth-order valence-corrected chi connectivity index (χ4v) is 1.78. The molecule has 0 aromatic carbocycles. The predicted molar refractivity (Wildman–Crippen MR) is 67.7 cm³/mol. The van der Waals surface area contributed by atoms with Crippen molar-refractivity contribution in [1.29, 1.82) is 0 Å². The van der Waals surface area contributed by atoms with Gasteiger partial charge in [-0.3, -0.25) is 4.79 Å². The molecule has 2 rings (SSSR count). The number of hydrogen-bond acceptors (Lipinski definition) is 4. The lowest BCUT2D eigenvalue weighted by atomic mass is 10.2. The van der Waals surface area contributed by atoms with Gasteiger partial charge < -0.3 is 9.64 Å². The highest BCUT2D eigenvalue weighted by atomic mass is 32.2. The molecule has 1 aromatic heterocycles. The molecule has 5 heteroatoms. The smallest absolute Gasteiger partial charge is 0.258 e. The van der Waals surface area contributed by atoms with E-state index in [9.17, 15) is 4.79 Å². The molecular weight excluding hydrogens is 236 g/mol. The number of hydrogen-bond donors (Lipinski definition) is 0. The van der Waals surface area contributed by atoms with Crippen LogP contribution in [0.25, 0.3) is 0 Å². The van der Waals surface area contributed by atoms with E-state index in [1.54, 1.807) is 32.1 Å². The number of nitrogens with zero attached hydrogens (tertiary/aromatic N) is 2. The summed E-state index contributed by atoms with van der Waals surface area (Å²) in [5.74, 6) is 0.589. The molecule has 1 heterocycles. The van der Waals surface area contributed by atoms with Crippen LogP contribution in [-0.4, -0.2) is 42.2 Å². The Morgan fingerprint density at radius 2 is 2.24 bits per heavy atom. The van der Waals surface area contributed by atoms with Gasteiger partial charge in [0.1, 0.15) is 5.75 Å². The maximum Gasteiger partial charge on any atom is 0.258 e. The first-order valence-corrected chi connectivity index (χ1v) is 6.76. The van der Waals surface area contributed by atoms with Gasteiger partial charge in [0, 0.05) is 26.4 Å². The zero-order valence-corrected chi connectivity index (χ0v) is 11.1. The van der Waals surface area contributed by atoms with E-state index in [0.717, 1.165) is 17.9 Å². The van der Waals surface area contributed by atoms with E-state index < -0.39 is 0 Å². The Kier molecular flexibility index (Phi) is 3.57. The number of rotatable bonds is 4. The van der Waals surface area contributed by atoms with Gasteiger partial charge in [0.2, 0.25) is 0 Å². The van der Waals surface area contributed by atoms with Crippen molar-refractivity contribution in [3.05, 3.63) is 17.8 Å². The third kappa shape index (κ3) is 2.91. The second-order valence-corrected chi connectivity index (χ2v) is 5.07. The maximum atomic E-state index is 12.0. The van der Waals surface area contributed by atoms with E-state index in [1.165, 1.54) is 4.90 Å². The molecule has 1 amide bonds. The summed E-state index contributed by atoms with van der Waals surface area (Å²) in [6.45, 7) is 0. The quantitative estimate of drug-likeness (QED) is 0.769. The molecule has 0 bridgehead atoms. The molecular formula is C12H16N2O2S. The van der Waals surface area contributed by atoms with Crippen LogP contribution in [0, 0.1) is 0 Å². The molecule has 0 atom stereocenters. The molecule has 0 radical (unpaired) electrons. The van der Waals surface area contributed by atoms with E-state index in [-0.39, 0.29) is 12.0 Å². The summed E-state index contributed by atoms with van der Waals surface area (Å²) >= 11 is 1.54. The third-order valence-electron chi connectivity index (χ3n) is 2.50. The molecule has 0 unspecified atom stereocenters. The molecule has 1 aromatic rings. The van der Waals surface area contributed by atoms with Gasteiger partial charge in [-0.05, 0) is 19.1 Å². The molecule has 0 spiro atoms. The Morgan fingerprint density at radius 3 is 2.76 bits per heavy atom. The fourth-order valence-electron chi connectivity index (χ4n) is 1.40. The topological polar surface area (TPSA) is 42.4 Å². The number of aromatic nitrogens is 1. The summed E-state index contributed by atoms with van der Waals surface area (Å²) in [6, 6.07) is 1.85. The van der Waals surface area contributed by atoms with Crippen LogP contribution in [0.4, 0.5) is 0 Å². The Bertz CT molecular complexity index is 431. The number of carbonyl (C=O) groups excluding carboxylic acids is 1. The second kappa shape index (κ2) is 4.96. The van der Waals surface area contributed by atoms with Crippen molar-refractivity contribution in [3.8, 4) is 5.75 Å². The van der Waals surface area contributed by atoms with Crippen LogP contribution in [0.15, 0.2) is 17.3 Å². The van der Waals surface area contributed by atoms with E-state index in [0.29, 0.717) is 11.3 Å². The maximum absolute atomic E-state index is 12.0. The lowest BCUT2D eigenvalue weighted by molar-refractivity contribution is 0.0822. The zero-order chi connectivity index (χ0) is 12.4. The van der Waals surface area contributed by atoms with Gasteiger partial charge >= 0.3 is 0 Å². The van der Waals surface area contributed by atoms with Gasteiger partial charge in [0.15, 0.2) is 0 Å². The molecule has 4 nitrogen and oxygen atoms in total. The molecule has 17 heavy (non-hydrogen) atoms. The molecule has 1 fully saturated rings. The Hall–Kier alpha value is -1.23. The van der Waals surface area contributed by atoms with Crippen LogP contribution >= 0.6 is 11.8 Å². The Morgan fingerprint density at radius 1 is 1.53 bits per heavy atom. The van der Waals surface area contributed by atoms with Crippen LogP contribution < -0.4 is 4.74 Å². The SMILES string of the molecule is CSc1cc(OC2CC2)c(C(=O)N(C)C)cn1. The number of carbonyl (C=O) groups is 1. The van der Waals surface area contributed by atoms with E-state index >= 15 is 0 Å². The lowest BCUT2D eigenvalue weighted by Gasteiger charge is -2.14. The molecule has 0 saturated heterocycles. The summed E-state index contributed by atoms with van der Waals surface area (Å²) in [7, 11) is 3.46. The van der Waals surface area contributed by atoms with Gasteiger partial charge in [-0.2, -0.15) is 0 Å². The summed E-state index contributed by atoms with van der Waals surface area (Å²) in [4.78, 5) is 17.7. The fraction of sp³-hybridized carbons (Fsp3) is 0.500. The standard InChI is InChI=1S/C12H16N2O2S/c1-14(2)12(15)9-7-13-11(17-3)6-10(9)16-8-4-5-8/h6-8H,4-5H2,1-3H3. The van der Waals surface area contributed by atoms with E-state index in [4.69, 9.17) is 4.74 Å². The molecule has 1 aliphatic carbocycles. The number of thioether (sulfide) groups is 1. The minimum atomic E-state index is -0.0687. The number of amides is 1. The van der Waals surface area contributed by atoms with Crippen molar-refractivity contribution in [1.82, 2.24) is 9.88 Å². The predicted octanol–water partition coefficient (Wildman–Crippen LogP) is 2.05. The van der Waals surface area contributed by atoms with Crippen molar-refractivity contribution in [2.45, 2.75) is 24.0 Å². The van der Waals surface area contributed by atoms with Crippen molar-refractivity contribution < 1.29 is 9.53 Å². The first-order chi connectivity index (χ1) is 8.11. The summed E-state index contributed by atoms with van der Waals surface area (Å²) in [5, 5.41) is 0.871. The second-order valence-electron chi connectivity index (χ2n) is 4.24. The van der Waals surface area contributed by atoms with Crippen LogP contribution in [0.3, 0.4) is 0 Å². The van der Waals surface area contributed by atoms with Gasteiger partial charge in [-0.1, -0.05) is 0 Å². The van der Waals surface area contributed by atoms with Gasteiger partial charge in [-0.25, -0.2) is 4.98 Å². The highest BCUT2D eigenvalue weighted by Gasteiger charge is 2.26. The third-order valence-corrected chi connectivity index (χ3v) is 3.15. The first-order valence-electron chi connectivity index (χ1n) is 5.54. The molecule has 1 saturated carbocycles. The first kappa shape index (κ1) is 12.2. The number of ether oxygens (including phenoxy) is 1. The van der Waals surface area contributed by atoms with Crippen molar-refractivity contribution in [2.75, 3.05) is 20.4 Å². The zero-order valence-electron chi connectivity index (χ0n) is 10.3. The van der Waals surface area contributed by atoms with E-state index in [2.05, 4.69) is 4.98 Å². The minimum absolute atomic E-state index is 0.0687. The summed E-state index contributed by atoms with van der Waals surface area (Å²) in [5.41, 5.74) is 0.541. The molecule has 92 valence electrons. The van der Waals surface area contributed by atoms with Gasteiger partial charge in [-0.15, -0.1) is 11.8 Å². The van der Waals surface area contributed by atoms with Crippen molar-refractivity contribution >= 4 is 17.7 Å². The van der Waals surface area contributed by atoms with Crippen LogP contribution in [-0.2, 0) is 0 Å². The van der Waals surface area contributed by atoms with Crippen molar-refractivity contribution in [3.63, 3.8) is 0 Å². The highest BCUT2D eigenvalue weighted by molar-refractivity contribution is 7.98. The molecule has 0 aliphatic heterocycles. The van der Waals surface area contributed by atoms with Gasteiger partial charge in [0.25, 0.3) is 5.91 Å². The number of pyridine rings is 1. The highest BCUT2D eigenvalue weighted by Crippen LogP contribution is 2.31. The van der Waals surface area contributed by atoms with Crippen LogP contribution in [0.1, 0.15) is 23.2 Å². The molecule has 0 N–H and O–H groups in total. The van der Waals surface area contributed by atoms with Crippen LogP contribution in [0.2, 0.25) is 0 Å². The summed E-state index contributed by atoms with van der Waals surface area (Å²) < 4.78 is 5.77. The Labute approximate surface area is 105 Å². The van der Waals surface area contributed by atoms with Gasteiger partial charge in [0.05, 0.1) is 16.7 Å². The van der Waals surface area contributed by atoms with Crippen molar-refractivity contribution in [2.24, 2.45) is 0 Å². The average molecular weight is 252 g/mol. The van der Waals surface area contributed by atoms with E-state index in [1.807, 2.05) is 12.3 Å². The minimum Gasteiger partial charge on any atom is -0.489 e. The largest absolute Gasteiger partial charge is 0.489 e. The average Bonchev–Trinajstić information content (AvgIpc) is 3.11. The monoisotopic (exact) mass is 252 g/mol. The normalized spacial score (nSPS) is 14.5. The lowest BCUT2D eigenvalue weighted by Crippen LogP contribution is -2.22. The molecule has 1 aliphatic rings.